The molecule has 0 spiro atoms. The van der Waals surface area contributed by atoms with E-state index in [-0.39, 0.29) is 11.8 Å². The number of nitrogens with zero attached hydrogens (tertiary/aromatic N) is 2. The molecule has 16 heavy (non-hydrogen) atoms. The van der Waals surface area contributed by atoms with Crippen molar-refractivity contribution >= 4 is 17.4 Å². The highest BCUT2D eigenvalue weighted by Crippen LogP contribution is 2.22. The van der Waals surface area contributed by atoms with Crippen molar-refractivity contribution in [2.24, 2.45) is 0 Å². The summed E-state index contributed by atoms with van der Waals surface area (Å²) in [7, 11) is 0. The van der Waals surface area contributed by atoms with E-state index < -0.39 is 0 Å². The van der Waals surface area contributed by atoms with Gasteiger partial charge in [-0.05, 0) is 19.9 Å². The second kappa shape index (κ2) is 4.14. The Morgan fingerprint density at radius 1 is 1.56 bits per heavy atom. The number of carbonyl (C=O) groups is 1. The highest BCUT2D eigenvalue weighted by Gasteiger charge is 2.21. The maximum absolute atomic E-state index is 12.1. The largest absolute Gasteiger partial charge is 0.472 e. The molecular weight excluding hydrogens is 228 g/mol. The summed E-state index contributed by atoms with van der Waals surface area (Å²) in [5, 5.41) is 4.44. The molecule has 0 amide bonds. The van der Waals surface area contributed by atoms with Crippen molar-refractivity contribution in [3.05, 3.63) is 41.1 Å². The third kappa shape index (κ3) is 1.76. The quantitative estimate of drug-likeness (QED) is 0.773. The Morgan fingerprint density at radius 2 is 2.31 bits per heavy atom. The number of furan rings is 1. The minimum absolute atomic E-state index is 0.0818. The third-order valence-electron chi connectivity index (χ3n) is 2.24. The van der Waals surface area contributed by atoms with Crippen molar-refractivity contribution in [2.45, 2.75) is 19.9 Å². The smallest absolute Gasteiger partial charge is 0.215 e. The second-order valence-corrected chi connectivity index (χ2v) is 4.13. The van der Waals surface area contributed by atoms with E-state index >= 15 is 0 Å². The molecule has 0 aliphatic rings. The first-order chi connectivity index (χ1) is 7.61. The second-order valence-electron chi connectivity index (χ2n) is 3.72. The lowest BCUT2D eigenvalue weighted by Gasteiger charge is -2.09. The van der Waals surface area contributed by atoms with E-state index in [0.717, 1.165) is 0 Å². The first-order valence-corrected chi connectivity index (χ1v) is 5.29. The Labute approximate surface area is 97.8 Å². The molecule has 0 saturated carbocycles. The molecule has 2 heterocycles. The maximum Gasteiger partial charge on any atom is 0.215 e. The van der Waals surface area contributed by atoms with Gasteiger partial charge >= 0.3 is 0 Å². The number of rotatable bonds is 3. The summed E-state index contributed by atoms with van der Waals surface area (Å²) in [5.74, 6) is -0.176. The number of hydrogen-bond donors (Lipinski definition) is 0. The molecule has 5 heteroatoms. The van der Waals surface area contributed by atoms with E-state index in [0.29, 0.717) is 16.3 Å². The molecule has 2 aromatic heterocycles. The zero-order valence-electron chi connectivity index (χ0n) is 8.98. The van der Waals surface area contributed by atoms with E-state index in [1.165, 1.54) is 18.7 Å². The molecule has 0 bridgehead atoms. The van der Waals surface area contributed by atoms with Crippen LogP contribution in [0.3, 0.4) is 0 Å². The Hall–Kier alpha value is -1.55. The Kier molecular flexibility index (Phi) is 2.83. The monoisotopic (exact) mass is 238 g/mol. The Balaban J connectivity index is 2.48. The van der Waals surface area contributed by atoms with Gasteiger partial charge in [0.05, 0.1) is 23.0 Å². The van der Waals surface area contributed by atoms with E-state index in [2.05, 4.69) is 5.10 Å². The van der Waals surface area contributed by atoms with E-state index in [1.54, 1.807) is 10.7 Å². The van der Waals surface area contributed by atoms with E-state index in [1.807, 2.05) is 13.8 Å². The summed E-state index contributed by atoms with van der Waals surface area (Å²) in [6.45, 7) is 3.88. The molecule has 0 unspecified atom stereocenters. The van der Waals surface area contributed by atoms with Crippen LogP contribution < -0.4 is 0 Å². The molecule has 0 aromatic carbocycles. The lowest BCUT2D eigenvalue weighted by atomic mass is 10.1. The van der Waals surface area contributed by atoms with Gasteiger partial charge in [0.25, 0.3) is 0 Å². The molecule has 0 saturated heterocycles. The summed E-state index contributed by atoms with van der Waals surface area (Å²) in [4.78, 5) is 12.1. The molecule has 2 aromatic rings. The van der Waals surface area contributed by atoms with Crippen molar-refractivity contribution in [2.75, 3.05) is 0 Å². The molecule has 0 aliphatic carbocycles. The van der Waals surface area contributed by atoms with Gasteiger partial charge in [-0.15, -0.1) is 0 Å². The van der Waals surface area contributed by atoms with Gasteiger partial charge in [0.15, 0.2) is 0 Å². The van der Waals surface area contributed by atoms with Gasteiger partial charge in [-0.2, -0.15) is 5.10 Å². The normalized spacial score (nSPS) is 11.0. The predicted molar refractivity (Wildman–Crippen MR) is 59.8 cm³/mol. The topological polar surface area (TPSA) is 48.0 Å². The summed E-state index contributed by atoms with van der Waals surface area (Å²) >= 11 is 5.97. The number of hydrogen-bond acceptors (Lipinski definition) is 3. The van der Waals surface area contributed by atoms with Crippen LogP contribution in [0.5, 0.6) is 0 Å². The van der Waals surface area contributed by atoms with Crippen LogP contribution in [-0.2, 0) is 0 Å². The van der Waals surface area contributed by atoms with Crippen LogP contribution in [0, 0.1) is 0 Å². The Morgan fingerprint density at radius 3 is 2.88 bits per heavy atom. The van der Waals surface area contributed by atoms with Gasteiger partial charge in [-0.1, -0.05) is 11.6 Å². The number of aromatic nitrogens is 2. The van der Waals surface area contributed by atoms with Gasteiger partial charge in [-0.3, -0.25) is 9.48 Å². The van der Waals surface area contributed by atoms with Gasteiger partial charge in [0.1, 0.15) is 12.0 Å². The molecule has 0 N–H and O–H groups in total. The van der Waals surface area contributed by atoms with Gasteiger partial charge in [0, 0.05) is 6.04 Å². The van der Waals surface area contributed by atoms with Crippen LogP contribution in [0.2, 0.25) is 5.02 Å². The van der Waals surface area contributed by atoms with Crippen LogP contribution in [0.4, 0.5) is 0 Å². The molecule has 2 rings (SSSR count). The molecule has 0 aliphatic heterocycles. The lowest BCUT2D eigenvalue weighted by Crippen LogP contribution is -2.13. The van der Waals surface area contributed by atoms with E-state index in [4.69, 9.17) is 16.0 Å². The van der Waals surface area contributed by atoms with Gasteiger partial charge in [-0.25, -0.2) is 0 Å². The molecular formula is C11H11ClN2O2. The van der Waals surface area contributed by atoms with Crippen LogP contribution in [0.15, 0.2) is 29.2 Å². The SMILES string of the molecule is CC(C)n1ncc(Cl)c1C(=O)c1ccoc1. The summed E-state index contributed by atoms with van der Waals surface area (Å²) in [6.07, 6.45) is 4.34. The fourth-order valence-corrected chi connectivity index (χ4v) is 1.69. The number of ketones is 1. The minimum Gasteiger partial charge on any atom is -0.472 e. The van der Waals surface area contributed by atoms with Gasteiger partial charge in [0.2, 0.25) is 5.78 Å². The molecule has 0 fully saturated rings. The molecule has 84 valence electrons. The van der Waals surface area contributed by atoms with Crippen molar-refractivity contribution in [1.82, 2.24) is 9.78 Å². The average Bonchev–Trinajstić information content (AvgIpc) is 2.84. The average molecular weight is 239 g/mol. The standard InChI is InChI=1S/C11H11ClN2O2/c1-7(2)14-10(9(12)5-13-14)11(15)8-3-4-16-6-8/h3-7H,1-2H3. The highest BCUT2D eigenvalue weighted by atomic mass is 35.5. The first kappa shape index (κ1) is 11.0. The predicted octanol–water partition coefficient (Wildman–Crippen LogP) is 2.94. The zero-order valence-corrected chi connectivity index (χ0v) is 9.73. The van der Waals surface area contributed by atoms with Crippen molar-refractivity contribution in [3.8, 4) is 0 Å². The first-order valence-electron chi connectivity index (χ1n) is 4.91. The van der Waals surface area contributed by atoms with Crippen molar-refractivity contribution in [3.63, 3.8) is 0 Å². The van der Waals surface area contributed by atoms with E-state index in [9.17, 15) is 4.79 Å². The summed E-state index contributed by atoms with van der Waals surface area (Å²) in [5.41, 5.74) is 0.877. The Bertz CT molecular complexity index is 500. The van der Waals surface area contributed by atoms with Crippen molar-refractivity contribution < 1.29 is 9.21 Å². The molecule has 0 radical (unpaired) electrons. The van der Waals surface area contributed by atoms with Crippen LogP contribution >= 0.6 is 11.6 Å². The van der Waals surface area contributed by atoms with Crippen LogP contribution in [0.1, 0.15) is 35.9 Å². The maximum atomic E-state index is 12.1. The third-order valence-corrected chi connectivity index (χ3v) is 2.51. The number of halogens is 1. The molecule has 4 nitrogen and oxygen atoms in total. The fourth-order valence-electron chi connectivity index (χ4n) is 1.48. The number of carbonyl (C=O) groups excluding carboxylic acids is 1. The zero-order chi connectivity index (χ0) is 11.7. The minimum atomic E-state index is -0.176. The van der Waals surface area contributed by atoms with Crippen LogP contribution in [-0.4, -0.2) is 15.6 Å². The fraction of sp³-hybridized carbons (Fsp3) is 0.273. The van der Waals surface area contributed by atoms with Crippen LogP contribution in [0.25, 0.3) is 0 Å². The molecule has 0 atom stereocenters. The van der Waals surface area contributed by atoms with Crippen molar-refractivity contribution in [1.29, 1.82) is 0 Å². The summed E-state index contributed by atoms with van der Waals surface area (Å²) in [6, 6.07) is 1.69. The van der Waals surface area contributed by atoms with Gasteiger partial charge < -0.3 is 4.42 Å². The highest BCUT2D eigenvalue weighted by molar-refractivity contribution is 6.34. The summed E-state index contributed by atoms with van der Waals surface area (Å²) < 4.78 is 6.49. The lowest BCUT2D eigenvalue weighted by molar-refractivity contribution is 0.102.